The molecule has 1 N–H and O–H groups in total. The number of hydrogen-bond acceptors (Lipinski definition) is 7. The lowest BCUT2D eigenvalue weighted by atomic mass is 10.2. The molecule has 0 fully saturated rings. The maximum Gasteiger partial charge on any atom is 0.417 e. The zero-order valence-electron chi connectivity index (χ0n) is 19.1. The van der Waals surface area contributed by atoms with E-state index in [0.29, 0.717) is 23.4 Å². The summed E-state index contributed by atoms with van der Waals surface area (Å²) in [6, 6.07) is 9.03. The first-order valence-electron chi connectivity index (χ1n) is 10.8. The van der Waals surface area contributed by atoms with Crippen LogP contribution >= 0.6 is 0 Å². The van der Waals surface area contributed by atoms with Gasteiger partial charge in [0.05, 0.1) is 24.0 Å². The van der Waals surface area contributed by atoms with Crippen molar-refractivity contribution in [1.29, 1.82) is 0 Å². The molecule has 3 aromatic rings. The van der Waals surface area contributed by atoms with Gasteiger partial charge in [0.15, 0.2) is 11.5 Å². The van der Waals surface area contributed by atoms with Crippen LogP contribution in [0.15, 0.2) is 55.0 Å². The van der Waals surface area contributed by atoms with Crippen molar-refractivity contribution in [3.05, 3.63) is 60.6 Å². The van der Waals surface area contributed by atoms with E-state index in [1.165, 1.54) is 22.0 Å². The number of carbonyl (C=O) groups excluding carboxylic acids is 2. The molecule has 1 aromatic carbocycles. The first-order valence-corrected chi connectivity index (χ1v) is 10.8. The summed E-state index contributed by atoms with van der Waals surface area (Å²) in [6.45, 7) is 0.173. The topological polar surface area (TPSA) is 108 Å². The van der Waals surface area contributed by atoms with Gasteiger partial charge in [-0.15, -0.1) is 0 Å². The molecule has 0 aliphatic carbocycles. The highest BCUT2D eigenvalue weighted by molar-refractivity contribution is 5.94. The Balaban J connectivity index is 1.21. The average Bonchev–Trinajstić information content (AvgIpc) is 3.29. The molecule has 0 unspecified atom stereocenters. The second kappa shape index (κ2) is 10.5. The lowest BCUT2D eigenvalue weighted by Gasteiger charge is -2.25. The largest absolute Gasteiger partial charge is 0.485 e. The molecule has 0 spiro atoms. The molecule has 1 aliphatic heterocycles. The van der Waals surface area contributed by atoms with E-state index in [0.717, 1.165) is 12.1 Å². The second-order valence-corrected chi connectivity index (χ2v) is 7.83. The number of carbonyl (C=O) groups is 2. The predicted molar refractivity (Wildman–Crippen MR) is 120 cm³/mol. The van der Waals surface area contributed by atoms with Crippen LogP contribution in [0.3, 0.4) is 0 Å². The van der Waals surface area contributed by atoms with Gasteiger partial charge in [0.2, 0.25) is 17.9 Å². The highest BCUT2D eigenvalue weighted by Gasteiger charge is 2.31. The van der Waals surface area contributed by atoms with E-state index in [2.05, 4.69) is 15.4 Å². The van der Waals surface area contributed by atoms with E-state index in [4.69, 9.17) is 14.2 Å². The Morgan fingerprint density at radius 1 is 1.19 bits per heavy atom. The molecule has 2 amide bonds. The number of anilines is 1. The smallest absolute Gasteiger partial charge is 0.417 e. The summed E-state index contributed by atoms with van der Waals surface area (Å²) in [4.78, 5) is 30.0. The number of nitrogens with one attached hydrogen (secondary N) is 1. The van der Waals surface area contributed by atoms with Crippen molar-refractivity contribution in [2.75, 3.05) is 32.1 Å². The number of likely N-dealkylation sites (N-methyl/N-ethyl adjacent to an activating group) is 1. The van der Waals surface area contributed by atoms with Crippen molar-refractivity contribution in [2.24, 2.45) is 0 Å². The Labute approximate surface area is 203 Å². The molecule has 10 nitrogen and oxygen atoms in total. The molecular formula is C23H22F3N5O5. The van der Waals surface area contributed by atoms with E-state index in [9.17, 15) is 22.8 Å². The summed E-state index contributed by atoms with van der Waals surface area (Å²) in [5, 5.41) is 6.76. The van der Waals surface area contributed by atoms with Crippen LogP contribution in [-0.2, 0) is 22.3 Å². The number of ether oxygens (including phenoxy) is 3. The molecule has 0 radical (unpaired) electrons. The van der Waals surface area contributed by atoms with E-state index in [1.54, 1.807) is 31.3 Å². The first-order chi connectivity index (χ1) is 17.2. The minimum Gasteiger partial charge on any atom is -0.485 e. The molecule has 36 heavy (non-hydrogen) atoms. The molecular weight excluding hydrogens is 483 g/mol. The Bertz CT molecular complexity index is 1220. The maximum absolute atomic E-state index is 12.6. The second-order valence-electron chi connectivity index (χ2n) is 7.83. The number of benzene rings is 1. The van der Waals surface area contributed by atoms with Crippen molar-refractivity contribution in [3.8, 4) is 17.4 Å². The number of alkyl halides is 3. The van der Waals surface area contributed by atoms with E-state index in [-0.39, 0.29) is 38.1 Å². The van der Waals surface area contributed by atoms with Gasteiger partial charge in [0.25, 0.3) is 5.91 Å². The zero-order valence-corrected chi connectivity index (χ0v) is 19.1. The van der Waals surface area contributed by atoms with Crippen LogP contribution in [0.5, 0.6) is 17.4 Å². The van der Waals surface area contributed by atoms with Gasteiger partial charge in [0.1, 0.15) is 19.8 Å². The standard InChI is InChI=1S/C23H22F3N5O5/c1-30(8-9-34-20-7-6-15(10-27-20)23(24,25)26)21(32)13-31-12-16(11-28-31)29-22(33)19-14-35-17-4-2-3-5-18(17)36-19/h2-7,10-12,19H,8-9,13-14H2,1H3,(H,29,33)/t19-/m0/s1. The van der Waals surface area contributed by atoms with Gasteiger partial charge in [-0.2, -0.15) is 18.3 Å². The number of amides is 2. The molecule has 3 heterocycles. The number of rotatable bonds is 8. The number of pyridine rings is 1. The third kappa shape index (κ3) is 6.23. The van der Waals surface area contributed by atoms with Gasteiger partial charge in [0, 0.05) is 25.5 Å². The van der Waals surface area contributed by atoms with E-state index < -0.39 is 23.8 Å². The highest BCUT2D eigenvalue weighted by Crippen LogP contribution is 2.31. The van der Waals surface area contributed by atoms with Gasteiger partial charge >= 0.3 is 6.18 Å². The number of fused-ring (bicyclic) bond motifs is 1. The molecule has 190 valence electrons. The van der Waals surface area contributed by atoms with Crippen molar-refractivity contribution < 1.29 is 37.0 Å². The van der Waals surface area contributed by atoms with Gasteiger partial charge in [-0.05, 0) is 18.2 Å². The Morgan fingerprint density at radius 3 is 2.69 bits per heavy atom. The molecule has 1 atom stereocenters. The van der Waals surface area contributed by atoms with E-state index in [1.807, 2.05) is 0 Å². The van der Waals surface area contributed by atoms with E-state index >= 15 is 0 Å². The van der Waals surface area contributed by atoms with Gasteiger partial charge in [-0.1, -0.05) is 12.1 Å². The minimum atomic E-state index is -4.47. The summed E-state index contributed by atoms with van der Waals surface area (Å²) in [5.74, 6) is 0.360. The third-order valence-corrected chi connectivity index (χ3v) is 5.17. The average molecular weight is 505 g/mol. The minimum absolute atomic E-state index is 0.0205. The number of hydrogen-bond donors (Lipinski definition) is 1. The number of halogens is 3. The quantitative estimate of drug-likeness (QED) is 0.502. The van der Waals surface area contributed by atoms with Gasteiger partial charge in [-0.25, -0.2) is 4.98 Å². The summed E-state index contributed by atoms with van der Waals surface area (Å²) in [6.07, 6.45) is -1.72. The molecule has 2 aromatic heterocycles. The maximum atomic E-state index is 12.6. The summed E-state index contributed by atoms with van der Waals surface area (Å²) in [7, 11) is 1.55. The molecule has 13 heteroatoms. The number of aromatic nitrogens is 3. The first kappa shape index (κ1) is 24.8. The molecule has 4 rings (SSSR count). The van der Waals surface area contributed by atoms with Crippen molar-refractivity contribution in [3.63, 3.8) is 0 Å². The number of para-hydroxylation sites is 2. The van der Waals surface area contributed by atoms with Crippen LogP contribution in [-0.4, -0.2) is 64.4 Å². The SMILES string of the molecule is CN(CCOc1ccc(C(F)(F)F)cn1)C(=O)Cn1cc(NC(=O)[C@@H]2COc3ccccc3O2)cn1. The monoisotopic (exact) mass is 505 g/mol. The molecule has 1 aliphatic rings. The normalized spacial score (nSPS) is 14.7. The summed E-state index contributed by atoms with van der Waals surface area (Å²) in [5.41, 5.74) is -0.489. The Kier molecular flexibility index (Phi) is 7.27. The molecule has 0 bridgehead atoms. The van der Waals surface area contributed by atoms with Crippen LogP contribution in [0.1, 0.15) is 5.56 Å². The van der Waals surface area contributed by atoms with Crippen LogP contribution in [0, 0.1) is 0 Å². The van der Waals surface area contributed by atoms with Crippen LogP contribution in [0.2, 0.25) is 0 Å². The number of nitrogens with zero attached hydrogens (tertiary/aromatic N) is 4. The lowest BCUT2D eigenvalue weighted by molar-refractivity contribution is -0.138. The fourth-order valence-corrected chi connectivity index (χ4v) is 3.19. The molecule has 0 saturated heterocycles. The van der Waals surface area contributed by atoms with Crippen molar-refractivity contribution in [1.82, 2.24) is 19.7 Å². The molecule has 0 saturated carbocycles. The summed E-state index contributed by atoms with van der Waals surface area (Å²) >= 11 is 0. The lowest BCUT2D eigenvalue weighted by Crippen LogP contribution is -2.40. The van der Waals surface area contributed by atoms with Crippen molar-refractivity contribution in [2.45, 2.75) is 18.8 Å². The van der Waals surface area contributed by atoms with Crippen molar-refractivity contribution >= 4 is 17.5 Å². The van der Waals surface area contributed by atoms with Gasteiger partial charge in [-0.3, -0.25) is 14.3 Å². The fourth-order valence-electron chi connectivity index (χ4n) is 3.19. The highest BCUT2D eigenvalue weighted by atomic mass is 19.4. The summed E-state index contributed by atoms with van der Waals surface area (Å²) < 4.78 is 55.6. The Hall–Kier alpha value is -4.29. The van der Waals surface area contributed by atoms with Crippen LogP contribution in [0.4, 0.5) is 18.9 Å². The van der Waals surface area contributed by atoms with Crippen LogP contribution in [0.25, 0.3) is 0 Å². The van der Waals surface area contributed by atoms with Gasteiger partial charge < -0.3 is 24.4 Å². The third-order valence-electron chi connectivity index (χ3n) is 5.17. The zero-order chi connectivity index (χ0) is 25.7. The van der Waals surface area contributed by atoms with Crippen LogP contribution < -0.4 is 19.5 Å². The Morgan fingerprint density at radius 2 is 1.97 bits per heavy atom. The fraction of sp³-hybridized carbons (Fsp3) is 0.304. The predicted octanol–water partition coefficient (Wildman–Crippen LogP) is 2.61.